The lowest BCUT2D eigenvalue weighted by Gasteiger charge is -2.22. The second kappa shape index (κ2) is 4.77. The summed E-state index contributed by atoms with van der Waals surface area (Å²) in [7, 11) is 3.78. The molecule has 0 saturated heterocycles. The molecule has 76 valence electrons. The Morgan fingerprint density at radius 1 is 1.36 bits per heavy atom. The summed E-state index contributed by atoms with van der Waals surface area (Å²) in [6, 6.07) is 9.63. The average molecular weight is 193 g/mol. The Labute approximate surface area is 84.0 Å². The summed E-state index contributed by atoms with van der Waals surface area (Å²) in [5.41, 5.74) is 1.04. The van der Waals surface area contributed by atoms with Gasteiger partial charge in [0.1, 0.15) is 0 Å². The molecule has 1 aromatic rings. The molecule has 0 heterocycles. The van der Waals surface area contributed by atoms with Gasteiger partial charge in [-0.15, -0.1) is 0 Å². The average Bonchev–Trinajstić information content (AvgIpc) is 2.15. The van der Waals surface area contributed by atoms with E-state index in [9.17, 15) is 4.79 Å². The highest BCUT2D eigenvalue weighted by Gasteiger charge is 2.16. The van der Waals surface area contributed by atoms with Gasteiger partial charge in [-0.05, 0) is 19.7 Å². The van der Waals surface area contributed by atoms with Crippen LogP contribution in [0.5, 0.6) is 0 Å². The molecule has 14 heavy (non-hydrogen) atoms. The van der Waals surface area contributed by atoms with Gasteiger partial charge in [-0.1, -0.05) is 30.3 Å². The van der Waals surface area contributed by atoms with Crippen LogP contribution in [-0.4, -0.2) is 30.1 Å². The van der Waals surface area contributed by atoms with Crippen molar-refractivity contribution in [1.29, 1.82) is 0 Å². The van der Waals surface area contributed by atoms with Crippen LogP contribution < -0.4 is 0 Å². The molecule has 0 fully saturated rings. The summed E-state index contributed by atoms with van der Waals surface area (Å²) >= 11 is 0. The molecule has 1 N–H and O–H groups in total. The highest BCUT2D eigenvalue weighted by atomic mass is 16.4. The van der Waals surface area contributed by atoms with E-state index in [0.717, 1.165) is 5.56 Å². The zero-order valence-electron chi connectivity index (χ0n) is 8.47. The molecule has 0 amide bonds. The second-order valence-corrected chi connectivity index (χ2v) is 3.49. The van der Waals surface area contributed by atoms with E-state index in [1.54, 1.807) is 0 Å². The van der Waals surface area contributed by atoms with E-state index >= 15 is 0 Å². The first-order chi connectivity index (χ1) is 6.61. The fourth-order valence-electron chi connectivity index (χ4n) is 1.44. The maximum atomic E-state index is 10.7. The molecule has 0 saturated carbocycles. The smallest absolute Gasteiger partial charge is 0.305 e. The van der Waals surface area contributed by atoms with Crippen molar-refractivity contribution in [1.82, 2.24) is 4.90 Å². The molecule has 0 aromatic heterocycles. The SMILES string of the molecule is CN(C)[C@H](CC(=O)O)c1ccccc1. The zero-order chi connectivity index (χ0) is 10.6. The lowest BCUT2D eigenvalue weighted by Crippen LogP contribution is -2.22. The van der Waals surface area contributed by atoms with Crippen molar-refractivity contribution < 1.29 is 9.90 Å². The van der Waals surface area contributed by atoms with Crippen LogP contribution in [-0.2, 0) is 4.79 Å². The molecule has 1 atom stereocenters. The van der Waals surface area contributed by atoms with Crippen molar-refractivity contribution in [3.8, 4) is 0 Å². The normalized spacial score (nSPS) is 12.8. The quantitative estimate of drug-likeness (QED) is 0.792. The molecule has 0 aliphatic heterocycles. The Kier molecular flexibility index (Phi) is 3.65. The van der Waals surface area contributed by atoms with Gasteiger partial charge in [-0.2, -0.15) is 0 Å². The summed E-state index contributed by atoms with van der Waals surface area (Å²) < 4.78 is 0. The number of hydrogen-bond acceptors (Lipinski definition) is 2. The number of carboxylic acids is 1. The van der Waals surface area contributed by atoms with Gasteiger partial charge < -0.3 is 10.0 Å². The number of aliphatic carboxylic acids is 1. The van der Waals surface area contributed by atoms with Crippen molar-refractivity contribution in [2.45, 2.75) is 12.5 Å². The number of nitrogens with zero attached hydrogens (tertiary/aromatic N) is 1. The van der Waals surface area contributed by atoms with Crippen molar-refractivity contribution >= 4 is 5.97 Å². The van der Waals surface area contributed by atoms with Crippen LogP contribution in [0.2, 0.25) is 0 Å². The topological polar surface area (TPSA) is 40.5 Å². The maximum absolute atomic E-state index is 10.7. The number of hydrogen-bond donors (Lipinski definition) is 1. The van der Waals surface area contributed by atoms with E-state index in [1.807, 2.05) is 49.3 Å². The fraction of sp³-hybridized carbons (Fsp3) is 0.364. The minimum Gasteiger partial charge on any atom is -0.481 e. The highest BCUT2D eigenvalue weighted by Crippen LogP contribution is 2.21. The van der Waals surface area contributed by atoms with Crippen molar-refractivity contribution in [2.75, 3.05) is 14.1 Å². The Bertz CT molecular complexity index is 295. The third-order valence-electron chi connectivity index (χ3n) is 2.18. The molecular formula is C11H15NO2. The van der Waals surface area contributed by atoms with Crippen LogP contribution in [0.3, 0.4) is 0 Å². The predicted molar refractivity (Wildman–Crippen MR) is 55.1 cm³/mol. The van der Waals surface area contributed by atoms with E-state index < -0.39 is 5.97 Å². The van der Waals surface area contributed by atoms with Crippen LogP contribution in [0.25, 0.3) is 0 Å². The lowest BCUT2D eigenvalue weighted by atomic mass is 10.0. The van der Waals surface area contributed by atoms with E-state index in [0.29, 0.717) is 0 Å². The maximum Gasteiger partial charge on any atom is 0.305 e. The third kappa shape index (κ3) is 2.85. The van der Waals surface area contributed by atoms with Gasteiger partial charge in [0.25, 0.3) is 0 Å². The molecule has 3 nitrogen and oxygen atoms in total. The Morgan fingerprint density at radius 3 is 2.36 bits per heavy atom. The van der Waals surface area contributed by atoms with Gasteiger partial charge in [0.2, 0.25) is 0 Å². The molecular weight excluding hydrogens is 178 g/mol. The summed E-state index contributed by atoms with van der Waals surface area (Å²) in [6.07, 6.45) is 0.136. The summed E-state index contributed by atoms with van der Waals surface area (Å²) in [5.74, 6) is -0.771. The first kappa shape index (κ1) is 10.7. The molecule has 0 radical (unpaired) electrons. The van der Waals surface area contributed by atoms with Gasteiger partial charge in [-0.25, -0.2) is 0 Å². The van der Waals surface area contributed by atoms with Gasteiger partial charge in [0.15, 0.2) is 0 Å². The summed E-state index contributed by atoms with van der Waals surface area (Å²) in [4.78, 5) is 12.6. The van der Waals surface area contributed by atoms with Crippen LogP contribution >= 0.6 is 0 Å². The zero-order valence-corrected chi connectivity index (χ0v) is 8.47. The third-order valence-corrected chi connectivity index (χ3v) is 2.18. The molecule has 0 unspecified atom stereocenters. The fourth-order valence-corrected chi connectivity index (χ4v) is 1.44. The monoisotopic (exact) mass is 193 g/mol. The first-order valence-corrected chi connectivity index (χ1v) is 4.54. The van der Waals surface area contributed by atoms with E-state index in [-0.39, 0.29) is 12.5 Å². The number of carbonyl (C=O) groups is 1. The lowest BCUT2D eigenvalue weighted by molar-refractivity contribution is -0.138. The molecule has 0 aliphatic carbocycles. The standard InChI is InChI=1S/C11H15NO2/c1-12(2)10(8-11(13)14)9-6-4-3-5-7-9/h3-7,10H,8H2,1-2H3,(H,13,14)/t10-/m1/s1. The summed E-state index contributed by atoms with van der Waals surface area (Å²) in [5, 5.41) is 8.77. The Balaban J connectivity index is 2.83. The Hall–Kier alpha value is -1.35. The van der Waals surface area contributed by atoms with Crippen molar-refractivity contribution in [3.63, 3.8) is 0 Å². The first-order valence-electron chi connectivity index (χ1n) is 4.54. The Morgan fingerprint density at radius 2 is 1.93 bits per heavy atom. The van der Waals surface area contributed by atoms with Crippen LogP contribution in [0, 0.1) is 0 Å². The molecule has 3 heteroatoms. The molecule has 1 rings (SSSR count). The second-order valence-electron chi connectivity index (χ2n) is 3.49. The predicted octanol–water partition coefficient (Wildman–Crippen LogP) is 1.76. The van der Waals surface area contributed by atoms with Crippen LogP contribution in [0.15, 0.2) is 30.3 Å². The minimum absolute atomic E-state index is 0.0475. The summed E-state index contributed by atoms with van der Waals surface area (Å²) in [6.45, 7) is 0. The highest BCUT2D eigenvalue weighted by molar-refractivity contribution is 5.67. The number of benzene rings is 1. The van der Waals surface area contributed by atoms with Crippen LogP contribution in [0.4, 0.5) is 0 Å². The molecule has 0 aliphatic rings. The van der Waals surface area contributed by atoms with Gasteiger partial charge >= 0.3 is 5.97 Å². The molecule has 0 bridgehead atoms. The van der Waals surface area contributed by atoms with Gasteiger partial charge in [-0.3, -0.25) is 4.79 Å². The van der Waals surface area contributed by atoms with Gasteiger partial charge in [0, 0.05) is 6.04 Å². The van der Waals surface area contributed by atoms with E-state index in [2.05, 4.69) is 0 Å². The number of rotatable bonds is 4. The van der Waals surface area contributed by atoms with E-state index in [1.165, 1.54) is 0 Å². The molecule has 0 spiro atoms. The molecule has 1 aromatic carbocycles. The van der Waals surface area contributed by atoms with Crippen molar-refractivity contribution in [3.05, 3.63) is 35.9 Å². The largest absolute Gasteiger partial charge is 0.481 e. The minimum atomic E-state index is -0.771. The van der Waals surface area contributed by atoms with Crippen LogP contribution in [0.1, 0.15) is 18.0 Å². The number of carboxylic acid groups (broad SMARTS) is 1. The van der Waals surface area contributed by atoms with Crippen molar-refractivity contribution in [2.24, 2.45) is 0 Å². The van der Waals surface area contributed by atoms with E-state index in [4.69, 9.17) is 5.11 Å². The van der Waals surface area contributed by atoms with Gasteiger partial charge in [0.05, 0.1) is 6.42 Å².